The van der Waals surface area contributed by atoms with E-state index in [9.17, 15) is 9.59 Å². The van der Waals surface area contributed by atoms with Crippen LogP contribution in [0.3, 0.4) is 0 Å². The molecule has 2 aliphatic rings. The molecule has 1 aromatic rings. The molecule has 0 radical (unpaired) electrons. The van der Waals surface area contributed by atoms with Crippen molar-refractivity contribution in [3.05, 3.63) is 29.3 Å². The fourth-order valence-electron chi connectivity index (χ4n) is 3.88. The lowest BCUT2D eigenvalue weighted by Crippen LogP contribution is -2.41. The number of aryl methyl sites for hydroxylation is 1. The minimum absolute atomic E-state index is 0.125. The molecule has 0 saturated carbocycles. The molecule has 1 aromatic carbocycles. The quantitative estimate of drug-likeness (QED) is 0.778. The Hall–Kier alpha value is -2.08. The van der Waals surface area contributed by atoms with E-state index in [4.69, 9.17) is 4.74 Å². The second-order valence-electron chi connectivity index (χ2n) is 8.08. The summed E-state index contributed by atoms with van der Waals surface area (Å²) in [4.78, 5) is 30.6. The zero-order valence-electron chi connectivity index (χ0n) is 17.3. The number of nitrogens with zero attached hydrogens (tertiary/aromatic N) is 3. The van der Waals surface area contributed by atoms with E-state index < -0.39 is 0 Å². The largest absolute Gasteiger partial charge is 0.491 e. The van der Waals surface area contributed by atoms with Crippen LogP contribution in [0.2, 0.25) is 0 Å². The second-order valence-corrected chi connectivity index (χ2v) is 8.08. The molecule has 1 saturated heterocycles. The smallest absolute Gasteiger partial charge is 0.237 e. The first-order valence-corrected chi connectivity index (χ1v) is 10.5. The Morgan fingerprint density at radius 3 is 2.54 bits per heavy atom. The van der Waals surface area contributed by atoms with Crippen LogP contribution in [0.15, 0.2) is 18.2 Å². The molecule has 0 aliphatic carbocycles. The van der Waals surface area contributed by atoms with Gasteiger partial charge >= 0.3 is 0 Å². The zero-order chi connectivity index (χ0) is 19.9. The molecule has 1 fully saturated rings. The SMILES string of the molecule is CN(C)C(=O)CCc1ccc2c(c1)CN(C(=O)CN1CCCCCC1)CCO2. The third-order valence-electron chi connectivity index (χ3n) is 5.64. The summed E-state index contributed by atoms with van der Waals surface area (Å²) in [5.74, 6) is 1.17. The summed E-state index contributed by atoms with van der Waals surface area (Å²) in [5, 5.41) is 0. The highest BCUT2D eigenvalue weighted by Crippen LogP contribution is 2.25. The topological polar surface area (TPSA) is 53.1 Å². The number of benzene rings is 1. The standard InChI is InChI=1S/C22H33N3O3/c1-23(2)21(26)10-8-18-7-9-20-19(15-18)16-25(13-14-28-20)22(27)17-24-11-5-3-4-6-12-24/h7,9,15H,3-6,8,10-14,16-17H2,1-2H3. The summed E-state index contributed by atoms with van der Waals surface area (Å²) in [6, 6.07) is 6.10. The first-order valence-electron chi connectivity index (χ1n) is 10.5. The fourth-order valence-corrected chi connectivity index (χ4v) is 3.88. The van der Waals surface area contributed by atoms with Gasteiger partial charge in [0.05, 0.1) is 13.1 Å². The van der Waals surface area contributed by atoms with Crippen molar-refractivity contribution in [3.8, 4) is 5.75 Å². The van der Waals surface area contributed by atoms with E-state index in [0.29, 0.717) is 39.1 Å². The number of amides is 2. The Morgan fingerprint density at radius 1 is 1.07 bits per heavy atom. The molecular formula is C22H33N3O3. The lowest BCUT2D eigenvalue weighted by molar-refractivity contribution is -0.133. The van der Waals surface area contributed by atoms with Crippen molar-refractivity contribution in [2.75, 3.05) is 46.9 Å². The maximum absolute atomic E-state index is 12.9. The third-order valence-corrected chi connectivity index (χ3v) is 5.64. The Bertz CT molecular complexity index is 682. The van der Waals surface area contributed by atoms with Gasteiger partial charge < -0.3 is 14.5 Å². The van der Waals surface area contributed by atoms with Crippen LogP contribution in [-0.4, -0.2) is 73.4 Å². The van der Waals surface area contributed by atoms with E-state index in [2.05, 4.69) is 11.0 Å². The molecule has 28 heavy (non-hydrogen) atoms. The molecule has 2 aliphatic heterocycles. The van der Waals surface area contributed by atoms with Gasteiger partial charge in [0.15, 0.2) is 0 Å². The average molecular weight is 388 g/mol. The Kier molecular flexibility index (Phi) is 7.31. The molecule has 2 amide bonds. The van der Waals surface area contributed by atoms with Gasteiger partial charge in [0.1, 0.15) is 12.4 Å². The molecule has 2 heterocycles. The summed E-state index contributed by atoms with van der Waals surface area (Å²) >= 11 is 0. The predicted molar refractivity (Wildman–Crippen MR) is 109 cm³/mol. The molecule has 0 atom stereocenters. The van der Waals surface area contributed by atoms with Crippen LogP contribution in [0.1, 0.15) is 43.2 Å². The summed E-state index contributed by atoms with van der Waals surface area (Å²) < 4.78 is 5.87. The minimum atomic E-state index is 0.125. The van der Waals surface area contributed by atoms with E-state index in [1.165, 1.54) is 25.7 Å². The van der Waals surface area contributed by atoms with Crippen molar-refractivity contribution in [2.24, 2.45) is 0 Å². The number of hydrogen-bond donors (Lipinski definition) is 0. The monoisotopic (exact) mass is 387 g/mol. The Balaban J connectivity index is 1.62. The molecule has 0 N–H and O–H groups in total. The molecule has 6 heteroatoms. The molecule has 0 aromatic heterocycles. The number of hydrogen-bond acceptors (Lipinski definition) is 4. The van der Waals surface area contributed by atoms with Gasteiger partial charge in [-0.3, -0.25) is 14.5 Å². The Morgan fingerprint density at radius 2 is 1.82 bits per heavy atom. The lowest BCUT2D eigenvalue weighted by atomic mass is 10.0. The lowest BCUT2D eigenvalue weighted by Gasteiger charge is -2.25. The summed E-state index contributed by atoms with van der Waals surface area (Å²) in [7, 11) is 3.56. The van der Waals surface area contributed by atoms with Gasteiger partial charge in [-0.25, -0.2) is 0 Å². The van der Waals surface area contributed by atoms with E-state index in [0.717, 1.165) is 30.0 Å². The van der Waals surface area contributed by atoms with Crippen molar-refractivity contribution in [3.63, 3.8) is 0 Å². The predicted octanol–water partition coefficient (Wildman–Crippen LogP) is 2.30. The molecular weight excluding hydrogens is 354 g/mol. The summed E-state index contributed by atoms with van der Waals surface area (Å²) in [5.41, 5.74) is 2.15. The molecule has 6 nitrogen and oxygen atoms in total. The number of ether oxygens (including phenoxy) is 1. The van der Waals surface area contributed by atoms with Gasteiger partial charge in [-0.15, -0.1) is 0 Å². The number of likely N-dealkylation sites (tertiary alicyclic amines) is 1. The second kappa shape index (κ2) is 9.92. The van der Waals surface area contributed by atoms with E-state index in [1.54, 1.807) is 19.0 Å². The summed E-state index contributed by atoms with van der Waals surface area (Å²) in [6.45, 7) is 4.28. The van der Waals surface area contributed by atoms with Crippen LogP contribution in [0.5, 0.6) is 5.75 Å². The average Bonchev–Trinajstić information content (AvgIpc) is 3.06. The normalized spacial score (nSPS) is 17.9. The van der Waals surface area contributed by atoms with Gasteiger partial charge in [0.25, 0.3) is 0 Å². The van der Waals surface area contributed by atoms with Crippen LogP contribution in [0.4, 0.5) is 0 Å². The third kappa shape index (κ3) is 5.71. The van der Waals surface area contributed by atoms with Crippen LogP contribution in [-0.2, 0) is 22.6 Å². The molecule has 3 rings (SSSR count). The van der Waals surface area contributed by atoms with Gasteiger partial charge in [-0.1, -0.05) is 25.0 Å². The highest BCUT2D eigenvalue weighted by molar-refractivity contribution is 5.78. The highest BCUT2D eigenvalue weighted by Gasteiger charge is 2.22. The van der Waals surface area contributed by atoms with Crippen LogP contribution in [0.25, 0.3) is 0 Å². The van der Waals surface area contributed by atoms with E-state index in [-0.39, 0.29) is 11.8 Å². The summed E-state index contributed by atoms with van der Waals surface area (Å²) in [6.07, 6.45) is 6.11. The van der Waals surface area contributed by atoms with Gasteiger partial charge in [0, 0.05) is 32.6 Å². The van der Waals surface area contributed by atoms with Gasteiger partial charge in [0.2, 0.25) is 11.8 Å². The van der Waals surface area contributed by atoms with Crippen molar-refractivity contribution < 1.29 is 14.3 Å². The molecule has 0 bridgehead atoms. The highest BCUT2D eigenvalue weighted by atomic mass is 16.5. The maximum Gasteiger partial charge on any atom is 0.237 e. The molecule has 154 valence electrons. The van der Waals surface area contributed by atoms with Crippen molar-refractivity contribution in [1.82, 2.24) is 14.7 Å². The number of carbonyl (C=O) groups excluding carboxylic acids is 2. The van der Waals surface area contributed by atoms with Gasteiger partial charge in [-0.2, -0.15) is 0 Å². The molecule has 0 unspecified atom stereocenters. The first kappa shape index (κ1) is 20.6. The van der Waals surface area contributed by atoms with Crippen LogP contribution in [0, 0.1) is 0 Å². The van der Waals surface area contributed by atoms with Crippen molar-refractivity contribution >= 4 is 11.8 Å². The van der Waals surface area contributed by atoms with Crippen LogP contribution >= 0.6 is 0 Å². The van der Waals surface area contributed by atoms with E-state index in [1.807, 2.05) is 17.0 Å². The minimum Gasteiger partial charge on any atom is -0.491 e. The van der Waals surface area contributed by atoms with Crippen LogP contribution < -0.4 is 4.74 Å². The number of rotatable bonds is 5. The van der Waals surface area contributed by atoms with Crippen molar-refractivity contribution in [1.29, 1.82) is 0 Å². The Labute approximate surface area is 168 Å². The number of fused-ring (bicyclic) bond motifs is 1. The number of carbonyl (C=O) groups is 2. The van der Waals surface area contributed by atoms with Crippen molar-refractivity contribution in [2.45, 2.75) is 45.1 Å². The fraction of sp³-hybridized carbons (Fsp3) is 0.636. The first-order chi connectivity index (χ1) is 13.5. The maximum atomic E-state index is 12.9. The molecule has 0 spiro atoms. The van der Waals surface area contributed by atoms with Gasteiger partial charge in [-0.05, 0) is 44.0 Å². The zero-order valence-corrected chi connectivity index (χ0v) is 17.3. The van der Waals surface area contributed by atoms with E-state index >= 15 is 0 Å².